The monoisotopic (exact) mass is 324 g/mol. The number of fused-ring (bicyclic) bond motifs is 1. The van der Waals surface area contributed by atoms with Crippen LogP contribution in [0.4, 0.5) is 0 Å². The molecule has 24 heavy (non-hydrogen) atoms. The standard InChI is InChI=1S/C19H20N2O3/c1-23-15-8-6-14(7-9-15)12-21-11-10-19(13-21)20-18(22)16-4-2-3-5-17(16)24-19/h2-9H,10-13H2,1H3,(H,20,22). The highest BCUT2D eigenvalue weighted by atomic mass is 16.5. The van der Waals surface area contributed by atoms with Gasteiger partial charge in [0, 0.05) is 19.5 Å². The minimum Gasteiger partial charge on any atom is -0.497 e. The number of rotatable bonds is 3. The predicted octanol–water partition coefficient (Wildman–Crippen LogP) is 2.42. The van der Waals surface area contributed by atoms with E-state index in [1.807, 2.05) is 30.3 Å². The molecule has 2 aromatic carbocycles. The van der Waals surface area contributed by atoms with Gasteiger partial charge in [-0.15, -0.1) is 0 Å². The molecule has 1 spiro atoms. The minimum absolute atomic E-state index is 0.0526. The molecule has 2 aromatic rings. The molecule has 0 aromatic heterocycles. The highest BCUT2D eigenvalue weighted by Crippen LogP contribution is 2.33. The number of hydrogen-bond donors (Lipinski definition) is 1. The second-order valence-corrected chi connectivity index (χ2v) is 6.36. The van der Waals surface area contributed by atoms with E-state index in [-0.39, 0.29) is 5.91 Å². The molecule has 1 unspecified atom stereocenters. The lowest BCUT2D eigenvalue weighted by molar-refractivity contribution is 0.0245. The van der Waals surface area contributed by atoms with Crippen LogP contribution < -0.4 is 14.8 Å². The third-order valence-electron chi connectivity index (χ3n) is 4.65. The van der Waals surface area contributed by atoms with Crippen LogP contribution in [0.5, 0.6) is 11.5 Å². The summed E-state index contributed by atoms with van der Waals surface area (Å²) in [5, 5.41) is 3.06. The van der Waals surface area contributed by atoms with Gasteiger partial charge in [0.15, 0.2) is 5.72 Å². The molecule has 2 aliphatic heterocycles. The van der Waals surface area contributed by atoms with E-state index in [4.69, 9.17) is 9.47 Å². The van der Waals surface area contributed by atoms with E-state index >= 15 is 0 Å². The molecule has 1 atom stereocenters. The average molecular weight is 324 g/mol. The summed E-state index contributed by atoms with van der Waals surface area (Å²) < 4.78 is 11.4. The van der Waals surface area contributed by atoms with Crippen LogP contribution in [-0.4, -0.2) is 36.7 Å². The van der Waals surface area contributed by atoms with Crippen LogP contribution in [0.3, 0.4) is 0 Å². The van der Waals surface area contributed by atoms with Crippen molar-refractivity contribution >= 4 is 5.91 Å². The van der Waals surface area contributed by atoms with Crippen molar-refractivity contribution < 1.29 is 14.3 Å². The van der Waals surface area contributed by atoms with E-state index in [0.29, 0.717) is 17.9 Å². The molecule has 1 saturated heterocycles. The van der Waals surface area contributed by atoms with E-state index < -0.39 is 5.72 Å². The van der Waals surface area contributed by atoms with E-state index in [1.54, 1.807) is 13.2 Å². The van der Waals surface area contributed by atoms with Crippen molar-refractivity contribution in [3.63, 3.8) is 0 Å². The molecule has 5 nitrogen and oxygen atoms in total. The zero-order valence-electron chi connectivity index (χ0n) is 13.6. The summed E-state index contributed by atoms with van der Waals surface area (Å²) >= 11 is 0. The Morgan fingerprint density at radius 1 is 1.21 bits per heavy atom. The van der Waals surface area contributed by atoms with Crippen LogP contribution in [0.15, 0.2) is 48.5 Å². The van der Waals surface area contributed by atoms with Gasteiger partial charge in [0.05, 0.1) is 19.2 Å². The molecule has 124 valence electrons. The van der Waals surface area contributed by atoms with E-state index in [0.717, 1.165) is 25.3 Å². The normalized spacial score (nSPS) is 22.8. The number of benzene rings is 2. The second-order valence-electron chi connectivity index (χ2n) is 6.36. The third-order valence-corrected chi connectivity index (χ3v) is 4.65. The van der Waals surface area contributed by atoms with Crippen LogP contribution in [0.1, 0.15) is 22.3 Å². The summed E-state index contributed by atoms with van der Waals surface area (Å²) in [6.07, 6.45) is 0.781. The Labute approximate surface area is 141 Å². The lowest BCUT2D eigenvalue weighted by atomic mass is 10.1. The fourth-order valence-electron chi connectivity index (χ4n) is 3.42. The number of carbonyl (C=O) groups is 1. The fourth-order valence-corrected chi connectivity index (χ4v) is 3.42. The lowest BCUT2D eigenvalue weighted by Crippen LogP contribution is -2.57. The van der Waals surface area contributed by atoms with Crippen LogP contribution in [0, 0.1) is 0 Å². The first-order chi connectivity index (χ1) is 11.7. The molecule has 0 bridgehead atoms. The average Bonchev–Trinajstić information content (AvgIpc) is 2.97. The molecular formula is C19H20N2O3. The highest BCUT2D eigenvalue weighted by molar-refractivity contribution is 5.98. The fraction of sp³-hybridized carbons (Fsp3) is 0.316. The maximum absolute atomic E-state index is 12.4. The maximum atomic E-state index is 12.4. The van der Waals surface area contributed by atoms with E-state index in [9.17, 15) is 4.79 Å². The number of nitrogens with one attached hydrogen (secondary N) is 1. The molecule has 1 fully saturated rings. The number of nitrogens with zero attached hydrogens (tertiary/aromatic N) is 1. The Balaban J connectivity index is 1.47. The topological polar surface area (TPSA) is 50.8 Å². The van der Waals surface area contributed by atoms with Crippen molar-refractivity contribution in [1.82, 2.24) is 10.2 Å². The summed E-state index contributed by atoms with van der Waals surface area (Å²) in [7, 11) is 1.67. The number of likely N-dealkylation sites (tertiary alicyclic amines) is 1. The van der Waals surface area contributed by atoms with Gasteiger partial charge >= 0.3 is 0 Å². The van der Waals surface area contributed by atoms with Gasteiger partial charge in [-0.3, -0.25) is 9.69 Å². The lowest BCUT2D eigenvalue weighted by Gasteiger charge is -2.36. The van der Waals surface area contributed by atoms with Gasteiger partial charge in [0.2, 0.25) is 0 Å². The van der Waals surface area contributed by atoms with Crippen LogP contribution in [-0.2, 0) is 6.54 Å². The number of hydrogen-bond acceptors (Lipinski definition) is 4. The summed E-state index contributed by atoms with van der Waals surface area (Å²) in [5.74, 6) is 1.48. The molecular weight excluding hydrogens is 304 g/mol. The van der Waals surface area contributed by atoms with Gasteiger partial charge in [0.1, 0.15) is 11.5 Å². The van der Waals surface area contributed by atoms with E-state index in [1.165, 1.54) is 5.56 Å². The Morgan fingerprint density at radius 2 is 2.00 bits per heavy atom. The van der Waals surface area contributed by atoms with Gasteiger partial charge in [-0.2, -0.15) is 0 Å². The third kappa shape index (κ3) is 2.71. The summed E-state index contributed by atoms with van der Waals surface area (Å²) in [6, 6.07) is 15.5. The largest absolute Gasteiger partial charge is 0.497 e. The van der Waals surface area contributed by atoms with Crippen molar-refractivity contribution in [2.24, 2.45) is 0 Å². The molecule has 0 radical (unpaired) electrons. The number of ether oxygens (including phenoxy) is 2. The summed E-state index contributed by atoms with van der Waals surface area (Å²) in [5.41, 5.74) is 1.21. The highest BCUT2D eigenvalue weighted by Gasteiger charge is 2.45. The van der Waals surface area contributed by atoms with Crippen molar-refractivity contribution in [3.8, 4) is 11.5 Å². The zero-order chi connectivity index (χ0) is 16.6. The Kier molecular flexibility index (Phi) is 3.65. The zero-order valence-corrected chi connectivity index (χ0v) is 13.6. The van der Waals surface area contributed by atoms with Crippen molar-refractivity contribution in [2.75, 3.05) is 20.2 Å². The molecule has 1 amide bonds. The quantitative estimate of drug-likeness (QED) is 0.942. The molecule has 2 heterocycles. The first kappa shape index (κ1) is 15.0. The molecule has 0 aliphatic carbocycles. The van der Waals surface area contributed by atoms with Crippen molar-refractivity contribution in [1.29, 1.82) is 0 Å². The number of amides is 1. The maximum Gasteiger partial charge on any atom is 0.258 e. The van der Waals surface area contributed by atoms with Gasteiger partial charge in [-0.05, 0) is 29.8 Å². The van der Waals surface area contributed by atoms with Crippen molar-refractivity contribution in [2.45, 2.75) is 18.7 Å². The van der Waals surface area contributed by atoms with Crippen molar-refractivity contribution in [3.05, 3.63) is 59.7 Å². The Bertz CT molecular complexity index is 759. The Hall–Kier alpha value is -2.53. The first-order valence-electron chi connectivity index (χ1n) is 8.13. The Morgan fingerprint density at radius 3 is 2.79 bits per heavy atom. The van der Waals surface area contributed by atoms with Crippen LogP contribution in [0.25, 0.3) is 0 Å². The van der Waals surface area contributed by atoms with Gasteiger partial charge in [0.25, 0.3) is 5.91 Å². The number of carbonyl (C=O) groups excluding carboxylic acids is 1. The molecule has 0 saturated carbocycles. The predicted molar refractivity (Wildman–Crippen MR) is 90.2 cm³/mol. The van der Waals surface area contributed by atoms with E-state index in [2.05, 4.69) is 22.3 Å². The van der Waals surface area contributed by atoms with Crippen LogP contribution in [0.2, 0.25) is 0 Å². The molecule has 4 rings (SSSR count). The van der Waals surface area contributed by atoms with Gasteiger partial charge in [-0.1, -0.05) is 24.3 Å². The molecule has 5 heteroatoms. The molecule has 1 N–H and O–H groups in total. The van der Waals surface area contributed by atoms with Gasteiger partial charge in [-0.25, -0.2) is 0 Å². The number of para-hydroxylation sites is 1. The first-order valence-corrected chi connectivity index (χ1v) is 8.13. The molecule has 2 aliphatic rings. The summed E-state index contributed by atoms with van der Waals surface area (Å²) in [4.78, 5) is 14.7. The second kappa shape index (κ2) is 5.83. The SMILES string of the molecule is COc1ccc(CN2CCC3(C2)NC(=O)c2ccccc2O3)cc1. The minimum atomic E-state index is -0.613. The smallest absolute Gasteiger partial charge is 0.258 e. The van der Waals surface area contributed by atoms with Crippen LogP contribution >= 0.6 is 0 Å². The summed E-state index contributed by atoms with van der Waals surface area (Å²) in [6.45, 7) is 2.39. The number of methoxy groups -OCH3 is 1. The van der Waals surface area contributed by atoms with Gasteiger partial charge < -0.3 is 14.8 Å².